The number of pyridine rings is 1. The van der Waals surface area contributed by atoms with Gasteiger partial charge in [-0.1, -0.05) is 24.2 Å². The fourth-order valence-electron chi connectivity index (χ4n) is 2.62. The molecule has 0 atom stereocenters. The molecule has 0 bridgehead atoms. The van der Waals surface area contributed by atoms with Gasteiger partial charge < -0.3 is 9.84 Å². The van der Waals surface area contributed by atoms with Gasteiger partial charge in [-0.05, 0) is 29.8 Å². The lowest BCUT2D eigenvalue weighted by molar-refractivity contribution is 0.0946. The number of rotatable bonds is 6. The second-order valence-corrected chi connectivity index (χ2v) is 6.25. The van der Waals surface area contributed by atoms with E-state index in [0.717, 1.165) is 5.56 Å². The Morgan fingerprint density at radius 1 is 1.17 bits per heavy atom. The lowest BCUT2D eigenvalue weighted by Crippen LogP contribution is -2.23. The molecule has 0 spiro atoms. The maximum absolute atomic E-state index is 12.9. The highest BCUT2D eigenvalue weighted by molar-refractivity contribution is 5.92. The molecule has 3 heterocycles. The van der Waals surface area contributed by atoms with Crippen LogP contribution < -0.4 is 5.32 Å². The first kappa shape index (κ1) is 18.5. The Kier molecular flexibility index (Phi) is 5.10. The van der Waals surface area contributed by atoms with Crippen LogP contribution in [0.1, 0.15) is 28.8 Å². The minimum Gasteiger partial charge on any atom is -0.347 e. The summed E-state index contributed by atoms with van der Waals surface area (Å²) in [6.07, 6.45) is 5.41. The Balaban J connectivity index is 1.42. The van der Waals surface area contributed by atoms with Gasteiger partial charge >= 0.3 is 0 Å². The van der Waals surface area contributed by atoms with Gasteiger partial charge in [0.05, 0.1) is 5.56 Å². The number of hydrogen-bond acceptors (Lipinski definition) is 6. The minimum atomic E-state index is -0.331. The van der Waals surface area contributed by atoms with Crippen molar-refractivity contribution in [1.29, 1.82) is 0 Å². The highest BCUT2D eigenvalue weighted by atomic mass is 19.1. The number of nitrogens with one attached hydrogen (secondary N) is 1. The van der Waals surface area contributed by atoms with Crippen LogP contribution in [0.3, 0.4) is 0 Å². The van der Waals surface area contributed by atoms with E-state index in [9.17, 15) is 9.18 Å². The molecule has 0 fully saturated rings. The lowest BCUT2D eigenvalue weighted by Gasteiger charge is -2.03. The van der Waals surface area contributed by atoms with E-state index in [4.69, 9.17) is 4.52 Å². The molecule has 0 saturated heterocycles. The Bertz CT molecular complexity index is 1120. The van der Waals surface area contributed by atoms with E-state index < -0.39 is 0 Å². The average molecular weight is 392 g/mol. The highest BCUT2D eigenvalue weighted by Crippen LogP contribution is 2.17. The molecule has 1 N–H and O–H groups in total. The zero-order valence-electron chi connectivity index (χ0n) is 15.5. The summed E-state index contributed by atoms with van der Waals surface area (Å²) in [5.74, 6) is 0.987. The number of carbonyl (C=O) groups excluding carboxylic acids is 1. The van der Waals surface area contributed by atoms with E-state index >= 15 is 0 Å². The van der Waals surface area contributed by atoms with Gasteiger partial charge in [0.2, 0.25) is 0 Å². The fourth-order valence-corrected chi connectivity index (χ4v) is 2.62. The molecule has 9 heteroatoms. The van der Waals surface area contributed by atoms with Crippen LogP contribution in [0.15, 0.2) is 59.6 Å². The highest BCUT2D eigenvalue weighted by Gasteiger charge is 2.12. The molecule has 146 valence electrons. The van der Waals surface area contributed by atoms with Gasteiger partial charge in [0, 0.05) is 25.4 Å². The summed E-state index contributed by atoms with van der Waals surface area (Å²) in [6.45, 7) is 2.23. The molecule has 0 radical (unpaired) electrons. The topological polar surface area (TPSA) is 98.7 Å². The third kappa shape index (κ3) is 4.18. The molecule has 0 saturated carbocycles. The van der Waals surface area contributed by atoms with Crippen molar-refractivity contribution in [3.63, 3.8) is 0 Å². The molecule has 0 aliphatic heterocycles. The maximum Gasteiger partial charge on any atom is 0.271 e. The zero-order valence-corrected chi connectivity index (χ0v) is 15.5. The van der Waals surface area contributed by atoms with Crippen LogP contribution in [-0.4, -0.2) is 30.6 Å². The Labute approximate surface area is 165 Å². The van der Waals surface area contributed by atoms with Gasteiger partial charge in [0.25, 0.3) is 11.8 Å². The van der Waals surface area contributed by atoms with Crippen LogP contribution >= 0.6 is 0 Å². The first-order valence-electron chi connectivity index (χ1n) is 8.98. The summed E-state index contributed by atoms with van der Waals surface area (Å²) < 4.78 is 19.8. The van der Waals surface area contributed by atoms with Crippen LogP contribution in [0.2, 0.25) is 0 Å². The predicted octanol–water partition coefficient (Wildman–Crippen LogP) is 2.95. The van der Waals surface area contributed by atoms with Crippen molar-refractivity contribution < 1.29 is 13.7 Å². The SMILES string of the molecule is CCc1noc(-c2ccc(-n3cnc(C(=O)NCc4ccc(F)cc4)c3)nc2)n1. The van der Waals surface area contributed by atoms with Crippen molar-refractivity contribution in [2.45, 2.75) is 19.9 Å². The second-order valence-electron chi connectivity index (χ2n) is 6.25. The van der Waals surface area contributed by atoms with Crippen LogP contribution in [0, 0.1) is 5.82 Å². The third-order valence-corrected chi connectivity index (χ3v) is 4.23. The summed E-state index contributed by atoms with van der Waals surface area (Å²) in [4.78, 5) is 25.0. The summed E-state index contributed by atoms with van der Waals surface area (Å²) in [7, 11) is 0. The lowest BCUT2D eigenvalue weighted by atomic mass is 10.2. The summed E-state index contributed by atoms with van der Waals surface area (Å²) in [5, 5.41) is 6.62. The number of imidazole rings is 1. The largest absolute Gasteiger partial charge is 0.347 e. The van der Waals surface area contributed by atoms with Crippen molar-refractivity contribution >= 4 is 5.91 Å². The van der Waals surface area contributed by atoms with Crippen molar-refractivity contribution in [3.8, 4) is 17.3 Å². The number of aromatic nitrogens is 5. The summed E-state index contributed by atoms with van der Waals surface area (Å²) in [5.41, 5.74) is 1.75. The summed E-state index contributed by atoms with van der Waals surface area (Å²) >= 11 is 0. The molecule has 4 rings (SSSR count). The van der Waals surface area contributed by atoms with Crippen LogP contribution in [-0.2, 0) is 13.0 Å². The van der Waals surface area contributed by atoms with Crippen molar-refractivity contribution in [3.05, 3.63) is 78.0 Å². The quantitative estimate of drug-likeness (QED) is 0.542. The van der Waals surface area contributed by atoms with Gasteiger partial charge in [-0.25, -0.2) is 14.4 Å². The second kappa shape index (κ2) is 8.01. The normalized spacial score (nSPS) is 10.8. The van der Waals surface area contributed by atoms with Gasteiger partial charge in [-0.2, -0.15) is 4.98 Å². The minimum absolute atomic E-state index is 0.252. The van der Waals surface area contributed by atoms with E-state index in [2.05, 4.69) is 25.4 Å². The zero-order chi connectivity index (χ0) is 20.2. The standard InChI is InChI=1S/C20H17FN6O2/c1-2-17-25-20(29-26-17)14-5-8-18(22-10-14)27-11-16(24-12-27)19(28)23-9-13-3-6-15(21)7-4-13/h3-8,10-12H,2,9H2,1H3,(H,23,28). The first-order chi connectivity index (χ1) is 14.1. The Morgan fingerprint density at radius 2 is 2.00 bits per heavy atom. The van der Waals surface area contributed by atoms with E-state index in [1.165, 1.54) is 18.5 Å². The molecule has 0 aliphatic rings. The van der Waals surface area contributed by atoms with Crippen molar-refractivity contribution in [2.24, 2.45) is 0 Å². The average Bonchev–Trinajstić information content (AvgIpc) is 3.43. The fraction of sp³-hybridized carbons (Fsp3) is 0.150. The van der Waals surface area contributed by atoms with Crippen molar-refractivity contribution in [1.82, 2.24) is 30.0 Å². The molecule has 29 heavy (non-hydrogen) atoms. The number of nitrogens with zero attached hydrogens (tertiary/aromatic N) is 5. The van der Waals surface area contributed by atoms with Gasteiger partial charge in [0.1, 0.15) is 23.7 Å². The molecular formula is C20H17FN6O2. The van der Waals surface area contributed by atoms with Crippen LogP contribution in [0.4, 0.5) is 4.39 Å². The molecule has 0 aliphatic carbocycles. The number of halogens is 1. The maximum atomic E-state index is 12.9. The van der Waals surface area contributed by atoms with E-state index in [0.29, 0.717) is 29.5 Å². The first-order valence-corrected chi connectivity index (χ1v) is 8.98. The predicted molar refractivity (Wildman–Crippen MR) is 102 cm³/mol. The monoisotopic (exact) mass is 392 g/mol. The van der Waals surface area contributed by atoms with E-state index in [1.807, 2.05) is 13.0 Å². The van der Waals surface area contributed by atoms with E-state index in [1.54, 1.807) is 35.2 Å². The molecular weight excluding hydrogens is 375 g/mol. The molecule has 3 aromatic heterocycles. The molecule has 1 amide bonds. The van der Waals surface area contributed by atoms with Gasteiger partial charge in [-0.15, -0.1) is 0 Å². The Morgan fingerprint density at radius 3 is 2.69 bits per heavy atom. The number of benzene rings is 1. The Hall–Kier alpha value is -3.88. The van der Waals surface area contributed by atoms with Gasteiger partial charge in [0.15, 0.2) is 5.82 Å². The van der Waals surface area contributed by atoms with Crippen LogP contribution in [0.5, 0.6) is 0 Å². The number of aryl methyl sites for hydroxylation is 1. The summed E-state index contributed by atoms with van der Waals surface area (Å²) in [6, 6.07) is 9.52. The number of amides is 1. The number of hydrogen-bond donors (Lipinski definition) is 1. The molecule has 0 unspecified atom stereocenters. The molecule has 4 aromatic rings. The van der Waals surface area contributed by atoms with Crippen LogP contribution in [0.25, 0.3) is 17.3 Å². The molecule has 8 nitrogen and oxygen atoms in total. The smallest absolute Gasteiger partial charge is 0.271 e. The third-order valence-electron chi connectivity index (χ3n) is 4.23. The van der Waals surface area contributed by atoms with Gasteiger partial charge in [-0.3, -0.25) is 9.36 Å². The molecule has 1 aromatic carbocycles. The van der Waals surface area contributed by atoms with E-state index in [-0.39, 0.29) is 24.0 Å². The number of carbonyl (C=O) groups is 1. The van der Waals surface area contributed by atoms with Crippen molar-refractivity contribution in [2.75, 3.05) is 0 Å².